The number of ether oxygens (including phenoxy) is 2. The van der Waals surface area contributed by atoms with Crippen LogP contribution in [0, 0.1) is 0 Å². The third kappa shape index (κ3) is 5.60. The highest BCUT2D eigenvalue weighted by Crippen LogP contribution is 2.17. The number of nitrogens with one attached hydrogen (secondary N) is 2. The van der Waals surface area contributed by atoms with Crippen molar-refractivity contribution in [2.75, 3.05) is 19.9 Å². The summed E-state index contributed by atoms with van der Waals surface area (Å²) in [6.07, 6.45) is 0.852. The van der Waals surface area contributed by atoms with Gasteiger partial charge in [-0.3, -0.25) is 4.79 Å². The highest BCUT2D eigenvalue weighted by Gasteiger charge is 2.05. The van der Waals surface area contributed by atoms with Crippen molar-refractivity contribution < 1.29 is 19.1 Å². The van der Waals surface area contributed by atoms with E-state index in [1.54, 1.807) is 6.92 Å². The number of rotatable bonds is 7. The molecule has 20 heavy (non-hydrogen) atoms. The fourth-order valence-electron chi connectivity index (χ4n) is 1.54. The van der Waals surface area contributed by atoms with Gasteiger partial charge in [0.15, 0.2) is 6.73 Å². The number of benzene rings is 1. The van der Waals surface area contributed by atoms with Crippen LogP contribution in [0.3, 0.4) is 0 Å². The molecule has 0 fully saturated rings. The number of carbonyl (C=O) groups excluding carboxylic acids is 2. The maximum atomic E-state index is 11.4. The summed E-state index contributed by atoms with van der Waals surface area (Å²) >= 11 is 0. The van der Waals surface area contributed by atoms with E-state index >= 15 is 0 Å². The number of hydrogen-bond donors (Lipinski definition) is 2. The Kier molecular flexibility index (Phi) is 6.95. The zero-order valence-electron chi connectivity index (χ0n) is 11.8. The van der Waals surface area contributed by atoms with Crippen LogP contribution < -0.4 is 15.4 Å². The predicted molar refractivity (Wildman–Crippen MR) is 74.5 cm³/mol. The Labute approximate surface area is 118 Å². The molecule has 1 rings (SSSR count). The van der Waals surface area contributed by atoms with Gasteiger partial charge in [0, 0.05) is 0 Å². The molecule has 0 aliphatic carbocycles. The van der Waals surface area contributed by atoms with Gasteiger partial charge in [-0.1, -0.05) is 25.1 Å². The Hall–Kier alpha value is -2.24. The Morgan fingerprint density at radius 2 is 1.90 bits per heavy atom. The number of amides is 2. The maximum Gasteiger partial charge on any atom is 0.325 e. The van der Waals surface area contributed by atoms with E-state index in [0.717, 1.165) is 17.7 Å². The van der Waals surface area contributed by atoms with Gasteiger partial charge in [0.05, 0.1) is 6.61 Å². The number of para-hydroxylation sites is 1. The molecule has 6 heteroatoms. The lowest BCUT2D eigenvalue weighted by atomic mass is 10.1. The summed E-state index contributed by atoms with van der Waals surface area (Å²) in [4.78, 5) is 22.4. The molecule has 0 aromatic heterocycles. The minimum atomic E-state index is -0.480. The fraction of sp³-hybridized carbons (Fsp3) is 0.429. The molecule has 2 amide bonds. The largest absolute Gasteiger partial charge is 0.473 e. The number of urea groups is 1. The standard InChI is InChI=1S/C14H20N2O4/c1-3-11-7-5-6-8-12(11)20-10-16-14(18)15-9-13(17)19-4-2/h5-8H,3-4,9-10H2,1-2H3,(H2,15,16,18). The van der Waals surface area contributed by atoms with Crippen molar-refractivity contribution in [3.63, 3.8) is 0 Å². The second kappa shape index (κ2) is 8.79. The van der Waals surface area contributed by atoms with Gasteiger partial charge in [0.2, 0.25) is 0 Å². The summed E-state index contributed by atoms with van der Waals surface area (Å²) in [5, 5.41) is 4.88. The van der Waals surface area contributed by atoms with E-state index in [1.807, 2.05) is 31.2 Å². The molecule has 0 aliphatic heterocycles. The highest BCUT2D eigenvalue weighted by molar-refractivity contribution is 5.80. The Morgan fingerprint density at radius 3 is 2.60 bits per heavy atom. The fourth-order valence-corrected chi connectivity index (χ4v) is 1.54. The van der Waals surface area contributed by atoms with Gasteiger partial charge in [0.1, 0.15) is 12.3 Å². The number of aryl methyl sites for hydroxylation is 1. The lowest BCUT2D eigenvalue weighted by molar-refractivity contribution is -0.141. The van der Waals surface area contributed by atoms with Crippen molar-refractivity contribution >= 4 is 12.0 Å². The van der Waals surface area contributed by atoms with Crippen molar-refractivity contribution in [2.45, 2.75) is 20.3 Å². The van der Waals surface area contributed by atoms with Gasteiger partial charge in [-0.05, 0) is 25.0 Å². The second-order valence-electron chi connectivity index (χ2n) is 3.91. The van der Waals surface area contributed by atoms with E-state index in [9.17, 15) is 9.59 Å². The van der Waals surface area contributed by atoms with Crippen molar-refractivity contribution in [2.24, 2.45) is 0 Å². The average Bonchev–Trinajstić information content (AvgIpc) is 2.46. The molecule has 1 aromatic carbocycles. The Bertz CT molecular complexity index is 449. The first-order chi connectivity index (χ1) is 9.67. The summed E-state index contributed by atoms with van der Waals surface area (Å²) in [5.74, 6) is 0.264. The van der Waals surface area contributed by atoms with E-state index in [1.165, 1.54) is 0 Å². The first-order valence-electron chi connectivity index (χ1n) is 6.55. The third-order valence-corrected chi connectivity index (χ3v) is 2.51. The van der Waals surface area contributed by atoms with Crippen LogP contribution in [0.1, 0.15) is 19.4 Å². The van der Waals surface area contributed by atoms with Crippen LogP contribution in [-0.2, 0) is 16.0 Å². The van der Waals surface area contributed by atoms with Crippen molar-refractivity contribution in [1.29, 1.82) is 0 Å². The third-order valence-electron chi connectivity index (χ3n) is 2.51. The molecular formula is C14H20N2O4. The Morgan fingerprint density at radius 1 is 1.15 bits per heavy atom. The smallest absolute Gasteiger partial charge is 0.325 e. The molecule has 0 heterocycles. The van der Waals surface area contributed by atoms with Crippen molar-refractivity contribution in [3.8, 4) is 5.75 Å². The predicted octanol–water partition coefficient (Wildman–Crippen LogP) is 1.45. The molecule has 110 valence electrons. The molecule has 0 saturated carbocycles. The van der Waals surface area contributed by atoms with Gasteiger partial charge < -0.3 is 20.1 Å². The first-order valence-corrected chi connectivity index (χ1v) is 6.55. The minimum Gasteiger partial charge on any atom is -0.473 e. The highest BCUT2D eigenvalue weighted by atomic mass is 16.5. The lowest BCUT2D eigenvalue weighted by Gasteiger charge is -2.11. The van der Waals surface area contributed by atoms with Crippen LogP contribution in [0.2, 0.25) is 0 Å². The van der Waals surface area contributed by atoms with E-state index in [2.05, 4.69) is 15.4 Å². The normalized spacial score (nSPS) is 9.70. The van der Waals surface area contributed by atoms with Crippen LogP contribution in [0.4, 0.5) is 4.79 Å². The van der Waals surface area contributed by atoms with Gasteiger partial charge in [-0.15, -0.1) is 0 Å². The summed E-state index contributed by atoms with van der Waals surface area (Å²) in [5.41, 5.74) is 1.07. The van der Waals surface area contributed by atoms with Gasteiger partial charge in [-0.25, -0.2) is 4.79 Å². The van der Waals surface area contributed by atoms with E-state index in [4.69, 9.17) is 4.74 Å². The Balaban J connectivity index is 2.26. The lowest BCUT2D eigenvalue weighted by Crippen LogP contribution is -2.40. The summed E-state index contributed by atoms with van der Waals surface area (Å²) in [6, 6.07) is 7.14. The second-order valence-corrected chi connectivity index (χ2v) is 3.91. The molecule has 2 N–H and O–H groups in total. The van der Waals surface area contributed by atoms with Gasteiger partial charge in [0.25, 0.3) is 0 Å². The number of carbonyl (C=O) groups is 2. The van der Waals surface area contributed by atoms with Crippen LogP contribution >= 0.6 is 0 Å². The molecular weight excluding hydrogens is 260 g/mol. The van der Waals surface area contributed by atoms with Crippen LogP contribution in [-0.4, -0.2) is 31.9 Å². The van der Waals surface area contributed by atoms with Gasteiger partial charge >= 0.3 is 12.0 Å². The molecule has 0 aliphatic rings. The van der Waals surface area contributed by atoms with E-state index in [0.29, 0.717) is 6.61 Å². The van der Waals surface area contributed by atoms with Crippen molar-refractivity contribution in [1.82, 2.24) is 10.6 Å². The zero-order valence-corrected chi connectivity index (χ0v) is 11.8. The maximum absolute atomic E-state index is 11.4. The average molecular weight is 280 g/mol. The summed E-state index contributed by atoms with van der Waals surface area (Å²) < 4.78 is 10.1. The number of esters is 1. The quantitative estimate of drug-likeness (QED) is 0.585. The molecule has 6 nitrogen and oxygen atoms in total. The van der Waals surface area contributed by atoms with E-state index < -0.39 is 12.0 Å². The SMILES string of the molecule is CCOC(=O)CNC(=O)NCOc1ccccc1CC. The minimum absolute atomic E-state index is 0.0334. The summed E-state index contributed by atoms with van der Waals surface area (Å²) in [6.45, 7) is 3.90. The van der Waals surface area contributed by atoms with Crippen LogP contribution in [0.25, 0.3) is 0 Å². The molecule has 0 radical (unpaired) electrons. The molecule has 0 unspecified atom stereocenters. The van der Waals surface area contributed by atoms with Crippen LogP contribution in [0.5, 0.6) is 5.75 Å². The molecule has 0 saturated heterocycles. The summed E-state index contributed by atoms with van der Waals surface area (Å²) in [7, 11) is 0. The van der Waals surface area contributed by atoms with Crippen LogP contribution in [0.15, 0.2) is 24.3 Å². The molecule has 0 spiro atoms. The number of hydrogen-bond acceptors (Lipinski definition) is 4. The molecule has 0 bridgehead atoms. The molecule has 1 aromatic rings. The zero-order chi connectivity index (χ0) is 14.8. The first kappa shape index (κ1) is 15.8. The van der Waals surface area contributed by atoms with Crippen molar-refractivity contribution in [3.05, 3.63) is 29.8 Å². The monoisotopic (exact) mass is 280 g/mol. The molecule has 0 atom stereocenters. The van der Waals surface area contributed by atoms with E-state index in [-0.39, 0.29) is 13.3 Å². The van der Waals surface area contributed by atoms with Gasteiger partial charge in [-0.2, -0.15) is 0 Å². The topological polar surface area (TPSA) is 76.7 Å².